The maximum Gasteiger partial charge on any atom is 2.00 e. The number of carbonyl (C=O) groups excluding carboxylic acids is 1. The van der Waals surface area contributed by atoms with Gasteiger partial charge in [0.05, 0.1) is 0 Å². The minimum Gasteiger partial charge on any atom is -0.811 e. The van der Waals surface area contributed by atoms with E-state index in [0.29, 0.717) is 29.4 Å². The third kappa shape index (κ3) is 6.27. The molecule has 0 radical (unpaired) electrons. The number of fused-ring (bicyclic) bond motifs is 5. The van der Waals surface area contributed by atoms with E-state index in [1.807, 2.05) is 33.5 Å². The molecule has 0 aromatic rings. The first kappa shape index (κ1) is 30.2. The normalized spacial score (nSPS) is 36.3. The molecule has 0 unspecified atom stereocenters. The Morgan fingerprint density at radius 2 is 1.91 bits per heavy atom. The number of alkyl halides is 1. The number of hydrogen-bond donors (Lipinski definition) is 1. The summed E-state index contributed by atoms with van der Waals surface area (Å²) in [7, 11) is 2.00. The minimum atomic E-state index is -0.278. The van der Waals surface area contributed by atoms with Crippen molar-refractivity contribution < 1.29 is 40.3 Å². The first-order chi connectivity index (χ1) is 15.7. The van der Waals surface area contributed by atoms with E-state index in [0.717, 1.165) is 50.1 Å². The van der Waals surface area contributed by atoms with Gasteiger partial charge in [-0.05, 0) is 99.1 Å². The molecule has 0 amide bonds. The molecule has 0 aromatic carbocycles. The summed E-state index contributed by atoms with van der Waals surface area (Å²) in [6, 6.07) is 0. The van der Waals surface area contributed by atoms with Crippen LogP contribution < -0.4 is 5.32 Å². The number of likely N-dealkylation sites (N-methyl/N-ethyl adjacent to an activating group) is 1. The molecule has 0 heterocycles. The van der Waals surface area contributed by atoms with Crippen molar-refractivity contribution in [3.63, 3.8) is 0 Å². The van der Waals surface area contributed by atoms with E-state index in [1.165, 1.54) is 37.7 Å². The predicted octanol–water partition coefficient (Wildman–Crippen LogP) is 5.82. The third-order valence-electron chi connectivity index (χ3n) is 9.82. The number of rotatable bonds is 7. The second kappa shape index (κ2) is 13.0. The number of halogens is 1. The summed E-state index contributed by atoms with van der Waals surface area (Å²) in [6.45, 7) is 12.8. The van der Waals surface area contributed by atoms with Crippen molar-refractivity contribution in [2.75, 3.05) is 33.4 Å². The van der Waals surface area contributed by atoms with Crippen LogP contribution in [0.4, 0.5) is 4.39 Å². The Labute approximate surface area is 231 Å². The van der Waals surface area contributed by atoms with Gasteiger partial charge in [0.1, 0.15) is 6.67 Å². The number of hydrogen-bond acceptors (Lipinski definition) is 3. The Morgan fingerprint density at radius 3 is 2.56 bits per heavy atom. The molecule has 4 nitrogen and oxygen atoms in total. The van der Waals surface area contributed by atoms with Crippen LogP contribution in [0, 0.1) is 72.2 Å². The molecule has 0 aliphatic heterocycles. The molecule has 190 valence electrons. The standard InChI is InChI=1S/C21H30NO.C7H16FN2.U/c1-13(22)17-6-7-18-16-5-4-14-12-15(23)8-10-20(14,2)19(16)9-11-21(17,18)3;1-3-10(2)7-6-9-5-4-8;/h12,16-19H,4-11H2,1-3H3;3,9H,4-7H2,1-2H3;/q2*-1;+2/t16-,17+,18-,19-,20-,21+;;/m0../s1. The van der Waals surface area contributed by atoms with E-state index in [2.05, 4.69) is 24.1 Å². The van der Waals surface area contributed by atoms with Crippen LogP contribution in [-0.2, 0) is 4.79 Å². The quantitative estimate of drug-likeness (QED) is 0.207. The second-order valence-corrected chi connectivity index (χ2v) is 11.5. The van der Waals surface area contributed by atoms with Gasteiger partial charge in [0.15, 0.2) is 5.78 Å². The average molecular weight is 698 g/mol. The molecule has 1 N–H and O–H groups in total. The Balaban J connectivity index is 0.000000320. The fraction of sp³-hybridized carbons (Fsp3) is 0.821. The third-order valence-corrected chi connectivity index (χ3v) is 9.82. The summed E-state index contributed by atoms with van der Waals surface area (Å²) in [5.74, 6) is 3.08. The van der Waals surface area contributed by atoms with Crippen LogP contribution >= 0.6 is 0 Å². The summed E-state index contributed by atoms with van der Waals surface area (Å²) >= 11 is 0. The Bertz CT molecular complexity index is 743. The van der Waals surface area contributed by atoms with E-state index in [9.17, 15) is 14.6 Å². The summed E-state index contributed by atoms with van der Waals surface area (Å²) in [5.41, 5.74) is 2.70. The maximum absolute atomic E-state index is 11.9. The van der Waals surface area contributed by atoms with E-state index >= 15 is 0 Å². The SMILES string of the molecule is CC(=[N-])[C@H]1CC[C@H]2[C@@H]3CCC4=CC(=O)CC[C@]4(C)[C@H]3CC[C@]12C.C[CH-]N(C)CCNCCF.[U+2]. The van der Waals surface area contributed by atoms with Crippen LogP contribution in [-0.4, -0.2) is 49.8 Å². The molecule has 0 spiro atoms. The maximum atomic E-state index is 11.9. The van der Waals surface area contributed by atoms with Gasteiger partial charge >= 0.3 is 31.1 Å². The van der Waals surface area contributed by atoms with Gasteiger partial charge in [0, 0.05) is 19.5 Å². The summed E-state index contributed by atoms with van der Waals surface area (Å²) < 4.78 is 11.5. The van der Waals surface area contributed by atoms with Gasteiger partial charge in [-0.1, -0.05) is 26.3 Å². The van der Waals surface area contributed by atoms with E-state index in [4.69, 9.17) is 0 Å². The van der Waals surface area contributed by atoms with Crippen LogP contribution in [0.3, 0.4) is 0 Å². The monoisotopic (exact) mass is 697 g/mol. The summed E-state index contributed by atoms with van der Waals surface area (Å²) in [4.78, 5) is 13.9. The van der Waals surface area contributed by atoms with Gasteiger partial charge in [-0.15, -0.1) is 0 Å². The van der Waals surface area contributed by atoms with Gasteiger partial charge in [0.2, 0.25) is 0 Å². The predicted molar refractivity (Wildman–Crippen MR) is 136 cm³/mol. The molecule has 0 aromatic heterocycles. The van der Waals surface area contributed by atoms with Crippen LogP contribution in [0.2, 0.25) is 0 Å². The molecule has 6 atom stereocenters. The zero-order valence-corrected chi connectivity index (χ0v) is 26.3. The molecule has 4 aliphatic carbocycles. The molecular weight excluding hydrogens is 651 g/mol. The molecule has 34 heavy (non-hydrogen) atoms. The molecule has 3 fully saturated rings. The summed E-state index contributed by atoms with van der Waals surface area (Å²) in [6.07, 6.45) is 11.2. The molecule has 6 heteroatoms. The van der Waals surface area contributed by atoms with Gasteiger partial charge in [-0.2, -0.15) is 6.92 Å². The molecule has 4 rings (SSSR count). The van der Waals surface area contributed by atoms with Crippen molar-refractivity contribution in [3.8, 4) is 0 Å². The number of nitrogens with zero attached hydrogens (tertiary/aromatic N) is 2. The van der Waals surface area contributed by atoms with Crippen LogP contribution in [0.5, 0.6) is 0 Å². The van der Waals surface area contributed by atoms with Crippen molar-refractivity contribution in [2.45, 2.75) is 79.1 Å². The first-order valence-electron chi connectivity index (χ1n) is 13.2. The van der Waals surface area contributed by atoms with Crippen molar-refractivity contribution in [2.24, 2.45) is 34.5 Å². The van der Waals surface area contributed by atoms with Crippen LogP contribution in [0.25, 0.3) is 5.41 Å². The zero-order valence-electron chi connectivity index (χ0n) is 22.1. The van der Waals surface area contributed by atoms with Gasteiger partial charge in [-0.3, -0.25) is 11.3 Å². The van der Waals surface area contributed by atoms with Crippen molar-refractivity contribution in [1.82, 2.24) is 10.2 Å². The Kier molecular flexibility index (Phi) is 11.5. The van der Waals surface area contributed by atoms with Gasteiger partial charge < -0.3 is 15.6 Å². The largest absolute Gasteiger partial charge is 2.00 e. The zero-order chi connectivity index (χ0) is 24.2. The molecule has 4 aliphatic rings. The molecule has 0 bridgehead atoms. The van der Waals surface area contributed by atoms with E-state index in [-0.39, 0.29) is 43.2 Å². The van der Waals surface area contributed by atoms with Gasteiger partial charge in [0.25, 0.3) is 0 Å². The average Bonchev–Trinajstić information content (AvgIpc) is 3.15. The fourth-order valence-corrected chi connectivity index (χ4v) is 7.82. The first-order valence-corrected chi connectivity index (χ1v) is 13.2. The number of nitrogens with one attached hydrogen (secondary N) is 1. The summed E-state index contributed by atoms with van der Waals surface area (Å²) in [5, 5.41) is 13.2. The second-order valence-electron chi connectivity index (χ2n) is 11.5. The molecule has 3 saturated carbocycles. The van der Waals surface area contributed by atoms with E-state index in [1.54, 1.807) is 0 Å². The van der Waals surface area contributed by atoms with Crippen molar-refractivity contribution >= 4 is 11.5 Å². The molecular formula is C28H46FN3OU. The smallest absolute Gasteiger partial charge is 0.811 e. The number of allylic oxidation sites excluding steroid dienone is 1. The fourth-order valence-electron chi connectivity index (χ4n) is 7.82. The van der Waals surface area contributed by atoms with Crippen molar-refractivity contribution in [1.29, 1.82) is 0 Å². The topological polar surface area (TPSA) is 54.6 Å². The van der Waals surface area contributed by atoms with Crippen molar-refractivity contribution in [3.05, 3.63) is 23.6 Å². The van der Waals surface area contributed by atoms with Gasteiger partial charge in [-0.25, -0.2) is 10.1 Å². The molecule has 0 saturated heterocycles. The minimum absolute atomic E-state index is 0. The van der Waals surface area contributed by atoms with Crippen LogP contribution in [0.15, 0.2) is 11.6 Å². The number of carbonyl (C=O) groups is 1. The Hall–Kier alpha value is -0.0181. The Morgan fingerprint density at radius 1 is 1.18 bits per heavy atom. The van der Waals surface area contributed by atoms with E-state index < -0.39 is 0 Å². The number of ketones is 1. The van der Waals surface area contributed by atoms with Crippen LogP contribution in [0.1, 0.15) is 79.1 Å².